The van der Waals surface area contributed by atoms with Gasteiger partial charge in [-0.25, -0.2) is 0 Å². The lowest BCUT2D eigenvalue weighted by Crippen LogP contribution is -2.00. The van der Waals surface area contributed by atoms with Gasteiger partial charge >= 0.3 is 0 Å². The molecule has 0 amide bonds. The van der Waals surface area contributed by atoms with E-state index in [-0.39, 0.29) is 0 Å². The second kappa shape index (κ2) is 6.21. The fourth-order valence-corrected chi connectivity index (χ4v) is 2.90. The van der Waals surface area contributed by atoms with Gasteiger partial charge in [0, 0.05) is 22.7 Å². The smallest absolute Gasteiger partial charge is 0.0814 e. The Hall–Kier alpha value is -1.96. The van der Waals surface area contributed by atoms with Crippen LogP contribution in [0.15, 0.2) is 36.5 Å². The molecule has 0 saturated heterocycles. The van der Waals surface area contributed by atoms with Crippen molar-refractivity contribution in [2.24, 2.45) is 0 Å². The number of nitrogens with zero attached hydrogens (tertiary/aromatic N) is 2. The zero-order valence-electron chi connectivity index (χ0n) is 12.9. The van der Waals surface area contributed by atoms with Crippen LogP contribution in [0.1, 0.15) is 44.4 Å². The highest BCUT2D eigenvalue weighted by molar-refractivity contribution is 6.02. The molecule has 0 fully saturated rings. The molecule has 0 spiro atoms. The van der Waals surface area contributed by atoms with Crippen LogP contribution in [0, 0.1) is 0 Å². The van der Waals surface area contributed by atoms with Crippen LogP contribution >= 0.6 is 0 Å². The summed E-state index contributed by atoms with van der Waals surface area (Å²) in [5, 5.41) is 2.33. The second-order valence-corrected chi connectivity index (χ2v) is 5.66. The van der Waals surface area contributed by atoms with Gasteiger partial charge in [-0.1, -0.05) is 44.9 Å². The topological polar surface area (TPSA) is 25.8 Å². The number of hydrogen-bond donors (Lipinski definition) is 0. The molecule has 2 heterocycles. The number of para-hydroxylation sites is 1. The van der Waals surface area contributed by atoms with Crippen LogP contribution in [0.3, 0.4) is 0 Å². The number of aromatic nitrogens is 2. The Labute approximate surface area is 126 Å². The maximum absolute atomic E-state index is 5.02. The van der Waals surface area contributed by atoms with Crippen LogP contribution in [0.25, 0.3) is 21.8 Å². The van der Waals surface area contributed by atoms with E-state index in [1.165, 1.54) is 24.1 Å². The van der Waals surface area contributed by atoms with Crippen LogP contribution in [-0.4, -0.2) is 9.97 Å². The number of benzene rings is 1. The van der Waals surface area contributed by atoms with Crippen molar-refractivity contribution in [3.63, 3.8) is 0 Å². The van der Waals surface area contributed by atoms with Crippen LogP contribution in [0.5, 0.6) is 0 Å². The zero-order valence-corrected chi connectivity index (χ0v) is 12.9. The van der Waals surface area contributed by atoms with Crippen molar-refractivity contribution in [3.8, 4) is 0 Å². The van der Waals surface area contributed by atoms with Gasteiger partial charge in [-0.3, -0.25) is 9.97 Å². The molecule has 0 N–H and O–H groups in total. The van der Waals surface area contributed by atoms with Crippen molar-refractivity contribution in [1.82, 2.24) is 9.97 Å². The van der Waals surface area contributed by atoms with Gasteiger partial charge in [0.1, 0.15) is 0 Å². The van der Waals surface area contributed by atoms with Crippen LogP contribution in [0.4, 0.5) is 0 Å². The Morgan fingerprint density at radius 2 is 1.86 bits per heavy atom. The summed E-state index contributed by atoms with van der Waals surface area (Å²) in [5.74, 6) is 0. The van der Waals surface area contributed by atoms with Crippen LogP contribution in [0.2, 0.25) is 0 Å². The molecular formula is C19H22N2. The summed E-state index contributed by atoms with van der Waals surface area (Å²) < 4.78 is 0. The molecule has 0 atom stereocenters. The molecule has 0 aliphatic carbocycles. The molecule has 0 bridgehead atoms. The Bertz CT molecular complexity index is 762. The third kappa shape index (κ3) is 2.76. The van der Waals surface area contributed by atoms with E-state index in [0.717, 1.165) is 41.1 Å². The third-order valence-electron chi connectivity index (χ3n) is 4.01. The first-order valence-corrected chi connectivity index (χ1v) is 7.99. The van der Waals surface area contributed by atoms with Gasteiger partial charge in [0.2, 0.25) is 0 Å². The average molecular weight is 278 g/mol. The summed E-state index contributed by atoms with van der Waals surface area (Å²) in [5.41, 5.74) is 4.81. The Kier molecular flexibility index (Phi) is 4.14. The Morgan fingerprint density at radius 3 is 2.67 bits per heavy atom. The lowest BCUT2D eigenvalue weighted by atomic mass is 10.0. The van der Waals surface area contributed by atoms with Crippen molar-refractivity contribution in [1.29, 1.82) is 0 Å². The molecule has 2 aromatic heterocycles. The first-order chi connectivity index (χ1) is 10.3. The van der Waals surface area contributed by atoms with Gasteiger partial charge in [0.25, 0.3) is 0 Å². The quantitative estimate of drug-likeness (QED) is 0.608. The highest BCUT2D eigenvalue weighted by atomic mass is 14.7. The fraction of sp³-hybridized carbons (Fsp3) is 0.368. The summed E-state index contributed by atoms with van der Waals surface area (Å²) in [6, 6.07) is 10.6. The molecule has 1 aromatic carbocycles. The fourth-order valence-electron chi connectivity index (χ4n) is 2.90. The highest BCUT2D eigenvalue weighted by Crippen LogP contribution is 2.25. The number of fused-ring (bicyclic) bond motifs is 3. The van der Waals surface area contributed by atoms with Gasteiger partial charge in [-0.05, 0) is 37.0 Å². The number of aryl methyl sites for hydroxylation is 2. The molecule has 21 heavy (non-hydrogen) atoms. The summed E-state index contributed by atoms with van der Waals surface area (Å²) in [7, 11) is 0. The third-order valence-corrected chi connectivity index (χ3v) is 4.01. The van der Waals surface area contributed by atoms with E-state index in [1.54, 1.807) is 0 Å². The summed E-state index contributed by atoms with van der Waals surface area (Å²) in [4.78, 5) is 9.58. The predicted octanol–water partition coefficient (Wildman–Crippen LogP) is 5.08. The standard InChI is InChI=1S/C19H22N2/c1-3-5-10-17-14(8-4-2)12-15-13-20-18-11-7-6-9-16(18)19(15)21-17/h6-7,9,11-13H,3-5,8,10H2,1-2H3. The molecule has 108 valence electrons. The van der Waals surface area contributed by atoms with E-state index in [1.807, 2.05) is 12.3 Å². The zero-order chi connectivity index (χ0) is 14.7. The molecule has 3 aromatic rings. The monoisotopic (exact) mass is 278 g/mol. The molecule has 0 unspecified atom stereocenters. The number of hydrogen-bond acceptors (Lipinski definition) is 2. The van der Waals surface area contributed by atoms with Crippen molar-refractivity contribution in [2.75, 3.05) is 0 Å². The molecule has 0 aliphatic heterocycles. The van der Waals surface area contributed by atoms with Gasteiger partial charge in [0.05, 0.1) is 11.0 Å². The van der Waals surface area contributed by atoms with Crippen molar-refractivity contribution in [3.05, 3.63) is 47.8 Å². The first kappa shape index (κ1) is 14.0. The van der Waals surface area contributed by atoms with Crippen LogP contribution < -0.4 is 0 Å². The van der Waals surface area contributed by atoms with E-state index in [9.17, 15) is 0 Å². The molecule has 2 heteroatoms. The van der Waals surface area contributed by atoms with E-state index >= 15 is 0 Å². The molecule has 2 nitrogen and oxygen atoms in total. The second-order valence-electron chi connectivity index (χ2n) is 5.66. The summed E-state index contributed by atoms with van der Waals surface area (Å²) in [6.45, 7) is 4.46. The molecule has 0 radical (unpaired) electrons. The highest BCUT2D eigenvalue weighted by Gasteiger charge is 2.09. The molecule has 3 rings (SSSR count). The minimum absolute atomic E-state index is 1.03. The van der Waals surface area contributed by atoms with E-state index < -0.39 is 0 Å². The van der Waals surface area contributed by atoms with E-state index in [4.69, 9.17) is 4.98 Å². The number of unbranched alkanes of at least 4 members (excludes halogenated alkanes) is 1. The Morgan fingerprint density at radius 1 is 1.00 bits per heavy atom. The van der Waals surface area contributed by atoms with Crippen molar-refractivity contribution in [2.45, 2.75) is 46.0 Å². The molecule has 0 aliphatic rings. The SMILES string of the molecule is CCCCc1nc2c(cnc3ccccc32)cc1CCC. The number of pyridine rings is 2. The predicted molar refractivity (Wildman–Crippen MR) is 89.7 cm³/mol. The average Bonchev–Trinajstić information content (AvgIpc) is 2.53. The summed E-state index contributed by atoms with van der Waals surface area (Å²) >= 11 is 0. The van der Waals surface area contributed by atoms with Crippen LogP contribution in [-0.2, 0) is 12.8 Å². The maximum Gasteiger partial charge on any atom is 0.0814 e. The molecular weight excluding hydrogens is 256 g/mol. The van der Waals surface area contributed by atoms with E-state index in [2.05, 4.69) is 43.1 Å². The minimum Gasteiger partial charge on any atom is -0.255 e. The van der Waals surface area contributed by atoms with E-state index in [0.29, 0.717) is 0 Å². The maximum atomic E-state index is 5.02. The summed E-state index contributed by atoms with van der Waals surface area (Å²) in [6.07, 6.45) is 7.73. The van der Waals surface area contributed by atoms with Gasteiger partial charge in [-0.15, -0.1) is 0 Å². The largest absolute Gasteiger partial charge is 0.255 e. The normalized spacial score (nSPS) is 11.3. The van der Waals surface area contributed by atoms with Gasteiger partial charge < -0.3 is 0 Å². The van der Waals surface area contributed by atoms with Gasteiger partial charge in [0.15, 0.2) is 0 Å². The van der Waals surface area contributed by atoms with Crippen molar-refractivity contribution < 1.29 is 0 Å². The number of rotatable bonds is 5. The van der Waals surface area contributed by atoms with Gasteiger partial charge in [-0.2, -0.15) is 0 Å². The lowest BCUT2D eigenvalue weighted by Gasteiger charge is -2.11. The van der Waals surface area contributed by atoms with Crippen molar-refractivity contribution >= 4 is 21.8 Å². The molecule has 0 saturated carbocycles. The Balaban J connectivity index is 2.21. The lowest BCUT2D eigenvalue weighted by molar-refractivity contribution is 0.763. The minimum atomic E-state index is 1.03. The first-order valence-electron chi connectivity index (χ1n) is 7.99.